The average Bonchev–Trinajstić information content (AvgIpc) is 3.97. The number of hydrogen-bond donors (Lipinski definition) is 0. The van der Waals surface area contributed by atoms with E-state index in [1.54, 1.807) is 0 Å². The maximum absolute atomic E-state index is 4.69. The van der Waals surface area contributed by atoms with Crippen molar-refractivity contribution in [2.24, 2.45) is 0 Å². The van der Waals surface area contributed by atoms with E-state index in [0.717, 1.165) is 22.1 Å². The van der Waals surface area contributed by atoms with Crippen molar-refractivity contribution < 1.29 is 0 Å². The van der Waals surface area contributed by atoms with Gasteiger partial charge in [0, 0.05) is 50.9 Å². The molecule has 0 bridgehead atoms. The van der Waals surface area contributed by atoms with Crippen LogP contribution in [0.15, 0.2) is 60.7 Å². The summed E-state index contributed by atoms with van der Waals surface area (Å²) in [6, 6.07) is 23.4. The van der Waals surface area contributed by atoms with Crippen molar-refractivity contribution in [3.63, 3.8) is 0 Å². The van der Waals surface area contributed by atoms with Gasteiger partial charge in [0.1, 0.15) is 22.1 Å². The van der Waals surface area contributed by atoms with Gasteiger partial charge in [-0.3, -0.25) is 0 Å². The molecular weight excluding hydrogens is 753 g/mol. The van der Waals surface area contributed by atoms with Crippen molar-refractivity contribution in [3.05, 3.63) is 94.0 Å². The number of aryl methyl sites for hydroxylation is 2. The average molecular weight is 781 g/mol. The molecule has 4 nitrogen and oxygen atoms in total. The number of nitrogens with zero attached hydrogens (tertiary/aromatic N) is 4. The van der Waals surface area contributed by atoms with Gasteiger partial charge in [-0.2, -0.15) is 17.5 Å². The van der Waals surface area contributed by atoms with Gasteiger partial charge in [0.15, 0.2) is 0 Å². The molecule has 0 amide bonds. The molecule has 252 valence electrons. The second kappa shape index (κ2) is 9.99. The molecule has 0 saturated carbocycles. The topological polar surface area (TPSA) is 51.6 Å². The van der Waals surface area contributed by atoms with E-state index >= 15 is 0 Å². The summed E-state index contributed by atoms with van der Waals surface area (Å²) in [6.07, 6.45) is 0. The van der Waals surface area contributed by atoms with Crippen LogP contribution in [0.1, 0.15) is 61.1 Å². The lowest BCUT2D eigenvalue weighted by Gasteiger charge is -2.22. The summed E-state index contributed by atoms with van der Waals surface area (Å²) in [7, 11) is 0. The van der Waals surface area contributed by atoms with E-state index in [9.17, 15) is 0 Å². The number of rotatable bonds is 2. The summed E-state index contributed by atoms with van der Waals surface area (Å²) in [5.74, 6) is 0. The number of benzene rings is 4. The van der Waals surface area contributed by atoms with Crippen LogP contribution >= 0.6 is 68.8 Å². The van der Waals surface area contributed by atoms with Crippen LogP contribution in [0.25, 0.3) is 93.4 Å². The molecule has 4 aromatic carbocycles. The molecule has 2 aliphatic carbocycles. The lowest BCUT2D eigenvalue weighted by molar-refractivity contribution is 0.666. The zero-order valence-corrected chi connectivity index (χ0v) is 33.9. The molecule has 0 unspecified atom stereocenters. The summed E-state index contributed by atoms with van der Waals surface area (Å²) >= 11 is 10.4. The minimum absolute atomic E-state index is 0.0844. The van der Waals surface area contributed by atoms with Gasteiger partial charge in [-0.25, -0.2) is 0 Å². The Morgan fingerprint density at radius 1 is 0.462 bits per heavy atom. The fourth-order valence-corrected chi connectivity index (χ4v) is 16.0. The number of fused-ring (bicyclic) bond motifs is 13. The Balaban J connectivity index is 0.999. The SMILES string of the molecule is Cc1ccc(-c2cc3cc4c(cc3s2)C(C)(C)c2c-4sc3c4c(sc23)-c2cc3cc(-c5ccc(C)c6nsnc56)sc3cc2C4(C)C)c2nsnc12. The Kier molecular flexibility index (Phi) is 5.87. The van der Waals surface area contributed by atoms with Crippen molar-refractivity contribution in [2.45, 2.75) is 52.4 Å². The third-order valence-electron chi connectivity index (χ3n) is 11.7. The summed E-state index contributed by atoms with van der Waals surface area (Å²) < 4.78 is 24.2. The summed E-state index contributed by atoms with van der Waals surface area (Å²) in [5, 5.41) is 2.62. The molecule has 0 N–H and O–H groups in total. The van der Waals surface area contributed by atoms with Crippen LogP contribution in [0.3, 0.4) is 0 Å². The first-order valence-electron chi connectivity index (χ1n) is 17.3. The Hall–Kier alpha value is -3.90. The van der Waals surface area contributed by atoms with Crippen LogP contribution in [0.4, 0.5) is 0 Å². The molecule has 0 spiro atoms. The van der Waals surface area contributed by atoms with Crippen molar-refractivity contribution in [1.29, 1.82) is 0 Å². The standard InChI is InChI=1S/C42H28N4S6/c1-17-7-9-21(35-33(17)43-51-45-35)29-13-19-11-23-25(15-27(19)47-29)41(3,4)31-37(23)49-40-32-38(50-39(31)40)24-12-20-14-30(48-28(20)16-26(24)42(32,5)6)22-10-8-18(2)34-36(22)46-52-44-34/h7-16H,1-6H3. The van der Waals surface area contributed by atoms with Gasteiger partial charge in [0.05, 0.1) is 32.9 Å². The Morgan fingerprint density at radius 3 is 1.33 bits per heavy atom. The molecule has 10 heteroatoms. The van der Waals surface area contributed by atoms with Crippen LogP contribution in [0.2, 0.25) is 0 Å². The van der Waals surface area contributed by atoms with Crippen molar-refractivity contribution in [3.8, 4) is 41.8 Å². The molecule has 0 radical (unpaired) electrons. The second-order valence-corrected chi connectivity index (χ2v) is 20.7. The number of thiophene rings is 4. The van der Waals surface area contributed by atoms with Crippen LogP contribution in [-0.4, -0.2) is 17.5 Å². The lowest BCUT2D eigenvalue weighted by Crippen LogP contribution is -2.15. The third-order valence-corrected chi connectivity index (χ3v) is 17.6. The molecule has 10 aromatic rings. The Labute approximate surface area is 323 Å². The van der Waals surface area contributed by atoms with Gasteiger partial charge < -0.3 is 0 Å². The van der Waals surface area contributed by atoms with Gasteiger partial charge in [-0.1, -0.05) is 52.0 Å². The van der Waals surface area contributed by atoms with E-state index in [-0.39, 0.29) is 10.8 Å². The van der Waals surface area contributed by atoms with Gasteiger partial charge in [-0.05, 0) is 106 Å². The van der Waals surface area contributed by atoms with Crippen LogP contribution in [-0.2, 0) is 10.8 Å². The molecule has 12 rings (SSSR count). The molecule has 52 heavy (non-hydrogen) atoms. The van der Waals surface area contributed by atoms with Gasteiger partial charge in [0.25, 0.3) is 0 Å². The molecule has 6 heterocycles. The fourth-order valence-electron chi connectivity index (χ4n) is 8.95. The second-order valence-electron chi connectivity index (χ2n) is 15.4. The molecule has 0 aliphatic heterocycles. The molecule has 0 atom stereocenters. The van der Waals surface area contributed by atoms with Gasteiger partial charge >= 0.3 is 0 Å². The Morgan fingerprint density at radius 2 is 0.885 bits per heavy atom. The summed E-state index contributed by atoms with van der Waals surface area (Å²) in [6.45, 7) is 14.0. The van der Waals surface area contributed by atoms with Crippen LogP contribution in [0, 0.1) is 13.8 Å². The van der Waals surface area contributed by atoms with E-state index in [1.807, 2.05) is 45.3 Å². The van der Waals surface area contributed by atoms with Crippen molar-refractivity contribution in [2.75, 3.05) is 0 Å². The molecule has 0 fully saturated rings. The van der Waals surface area contributed by atoms with Crippen molar-refractivity contribution in [1.82, 2.24) is 17.5 Å². The van der Waals surface area contributed by atoms with Crippen LogP contribution in [0.5, 0.6) is 0 Å². The highest BCUT2D eigenvalue weighted by atomic mass is 32.1. The lowest BCUT2D eigenvalue weighted by atomic mass is 9.81. The molecule has 6 aromatic heterocycles. The maximum Gasteiger partial charge on any atom is 0.113 e. The maximum atomic E-state index is 4.69. The zero-order valence-electron chi connectivity index (χ0n) is 29.0. The largest absolute Gasteiger partial charge is 0.173 e. The first kappa shape index (κ1) is 30.6. The highest BCUT2D eigenvalue weighted by Gasteiger charge is 2.45. The Bertz CT molecular complexity index is 3010. The minimum atomic E-state index is -0.0844. The minimum Gasteiger partial charge on any atom is -0.173 e. The number of aromatic nitrogens is 4. The smallest absolute Gasteiger partial charge is 0.113 e. The predicted octanol–water partition coefficient (Wildman–Crippen LogP) is 14.0. The van der Waals surface area contributed by atoms with Crippen molar-refractivity contribution >= 4 is 120 Å². The quantitative estimate of drug-likeness (QED) is 0.175. The highest BCUT2D eigenvalue weighted by Crippen LogP contribution is 2.64. The predicted molar refractivity (Wildman–Crippen MR) is 228 cm³/mol. The summed E-state index contributed by atoms with van der Waals surface area (Å²) in [5.41, 5.74) is 17.4. The van der Waals surface area contributed by atoms with E-state index in [4.69, 9.17) is 8.75 Å². The van der Waals surface area contributed by atoms with E-state index in [0.29, 0.717) is 0 Å². The summed E-state index contributed by atoms with van der Waals surface area (Å²) in [4.78, 5) is 5.44. The normalized spacial score (nSPS) is 15.4. The van der Waals surface area contributed by atoms with Gasteiger partial charge in [0.2, 0.25) is 0 Å². The monoisotopic (exact) mass is 780 g/mol. The number of hydrogen-bond acceptors (Lipinski definition) is 10. The van der Waals surface area contributed by atoms with E-state index in [1.165, 1.54) is 128 Å². The van der Waals surface area contributed by atoms with Gasteiger partial charge in [-0.15, -0.1) is 45.3 Å². The van der Waals surface area contributed by atoms with E-state index in [2.05, 4.69) is 111 Å². The molecule has 2 aliphatic rings. The zero-order chi connectivity index (χ0) is 35.0. The first-order chi connectivity index (χ1) is 25.1. The fraction of sp³-hybridized carbons (Fsp3) is 0.190. The van der Waals surface area contributed by atoms with Crippen LogP contribution < -0.4 is 0 Å². The van der Waals surface area contributed by atoms with E-state index < -0.39 is 0 Å². The molecule has 0 saturated heterocycles. The highest BCUT2D eigenvalue weighted by molar-refractivity contribution is 7.32. The molecular formula is C42H28N4S6. The third kappa shape index (κ3) is 3.75. The first-order valence-corrected chi connectivity index (χ1v) is 22.0.